The lowest BCUT2D eigenvalue weighted by Crippen LogP contribution is -2.49. The molecule has 234 valence electrons. The molecule has 0 atom stereocenters. The van der Waals surface area contributed by atoms with E-state index in [-0.39, 0.29) is 18.1 Å². The van der Waals surface area contributed by atoms with Crippen molar-refractivity contribution in [3.05, 3.63) is 108 Å². The zero-order chi connectivity index (χ0) is 32.2. The number of hydrogen-bond donors (Lipinski definition) is 2. The number of rotatable bonds is 8. The second-order valence-corrected chi connectivity index (χ2v) is 11.9. The summed E-state index contributed by atoms with van der Waals surface area (Å²) >= 11 is 0. The number of urea groups is 1. The van der Waals surface area contributed by atoms with Crippen LogP contribution in [0.1, 0.15) is 47.9 Å². The molecule has 5 aromatic rings. The first-order chi connectivity index (χ1) is 23.0. The molecule has 3 aromatic heterocycles. The van der Waals surface area contributed by atoms with E-state index in [0.717, 1.165) is 59.1 Å². The summed E-state index contributed by atoms with van der Waals surface area (Å²) in [6.45, 7) is 1.06. The first-order valence-corrected chi connectivity index (χ1v) is 15.8. The number of fused-ring (bicyclic) bond motifs is 1. The molecule has 2 aromatic carbocycles. The molecule has 11 nitrogen and oxygen atoms in total. The second kappa shape index (κ2) is 13.2. The molecule has 0 radical (unpaired) electrons. The SMILES string of the molecule is Cn1cc(-c2ccc(N(C(=O)NCc3ccccc3)C3CCC(Nc4ncc(C#N)c(-c5ccc6c(c5)CN=C6)n4)CC3)nc2)cn1. The van der Waals surface area contributed by atoms with E-state index in [0.29, 0.717) is 36.1 Å². The number of nitrogens with one attached hydrogen (secondary N) is 2. The highest BCUT2D eigenvalue weighted by Gasteiger charge is 2.31. The summed E-state index contributed by atoms with van der Waals surface area (Å²) in [4.78, 5) is 33.9. The van der Waals surface area contributed by atoms with Crippen LogP contribution in [-0.4, -0.2) is 49.1 Å². The number of nitriles is 1. The summed E-state index contributed by atoms with van der Waals surface area (Å²) in [5.41, 5.74) is 7.07. The maximum Gasteiger partial charge on any atom is 0.323 e. The summed E-state index contributed by atoms with van der Waals surface area (Å²) in [5.74, 6) is 1.10. The van der Waals surface area contributed by atoms with Gasteiger partial charge in [0, 0.05) is 61.0 Å². The van der Waals surface area contributed by atoms with Crippen molar-refractivity contribution < 1.29 is 4.79 Å². The molecule has 0 bridgehead atoms. The fraction of sp³-hybridized carbons (Fsp3) is 0.250. The number of carbonyl (C=O) groups is 1. The summed E-state index contributed by atoms with van der Waals surface area (Å²) < 4.78 is 1.76. The van der Waals surface area contributed by atoms with Crippen LogP contribution in [0.4, 0.5) is 16.6 Å². The molecule has 2 N–H and O–H groups in total. The molecule has 1 aliphatic heterocycles. The first-order valence-electron chi connectivity index (χ1n) is 15.8. The smallest absolute Gasteiger partial charge is 0.323 e. The summed E-state index contributed by atoms with van der Waals surface area (Å²) in [6, 6.07) is 22.0. The van der Waals surface area contributed by atoms with Crippen LogP contribution in [0.15, 0.2) is 90.4 Å². The molecule has 11 heteroatoms. The van der Waals surface area contributed by atoms with Crippen molar-refractivity contribution in [1.82, 2.24) is 30.0 Å². The third-order valence-corrected chi connectivity index (χ3v) is 8.75. The van der Waals surface area contributed by atoms with Crippen LogP contribution in [0.25, 0.3) is 22.4 Å². The molecule has 1 fully saturated rings. The van der Waals surface area contributed by atoms with Gasteiger partial charge < -0.3 is 10.6 Å². The zero-order valence-electron chi connectivity index (χ0n) is 26.0. The van der Waals surface area contributed by atoms with E-state index in [4.69, 9.17) is 9.97 Å². The van der Waals surface area contributed by atoms with Gasteiger partial charge in [0.05, 0.1) is 30.2 Å². The molecule has 0 saturated heterocycles. The van der Waals surface area contributed by atoms with Crippen molar-refractivity contribution in [3.63, 3.8) is 0 Å². The topological polar surface area (TPSA) is 137 Å². The summed E-state index contributed by atoms with van der Waals surface area (Å²) in [6.07, 6.45) is 12.2. The summed E-state index contributed by atoms with van der Waals surface area (Å²) in [7, 11) is 1.88. The fourth-order valence-electron chi connectivity index (χ4n) is 6.26. The van der Waals surface area contributed by atoms with E-state index in [1.54, 1.807) is 28.2 Å². The Morgan fingerprint density at radius 1 is 0.979 bits per heavy atom. The minimum atomic E-state index is -0.174. The van der Waals surface area contributed by atoms with Crippen molar-refractivity contribution in [2.24, 2.45) is 12.0 Å². The standard InChI is InChI=1S/C36H34N10O/c1-45-23-30(22-42-45)27-9-14-33(39-20-27)46(36(47)41-17-24-5-3-2-4-6-24)32-12-10-31(11-13-32)43-35-40-21-29(16-37)34(44-35)25-7-8-26-18-38-19-28(26)15-25/h2-9,14-15,18,20-23,31-32H,10-13,17,19H2,1H3,(H,41,47)(H,40,43,44). The molecular weight excluding hydrogens is 588 g/mol. The van der Waals surface area contributed by atoms with Gasteiger partial charge in [0.2, 0.25) is 5.95 Å². The number of aliphatic imine (C=N–C) groups is 1. The molecule has 4 heterocycles. The normalized spacial score (nSPS) is 16.7. The molecule has 2 aliphatic rings. The maximum atomic E-state index is 13.7. The Morgan fingerprint density at radius 2 is 1.81 bits per heavy atom. The van der Waals surface area contributed by atoms with Gasteiger partial charge >= 0.3 is 6.03 Å². The van der Waals surface area contributed by atoms with Crippen molar-refractivity contribution in [3.8, 4) is 28.5 Å². The van der Waals surface area contributed by atoms with Gasteiger partial charge in [0.1, 0.15) is 11.9 Å². The van der Waals surface area contributed by atoms with Gasteiger partial charge in [-0.1, -0.05) is 42.5 Å². The molecular formula is C36H34N10O. The highest BCUT2D eigenvalue weighted by molar-refractivity contribution is 5.92. The van der Waals surface area contributed by atoms with Crippen LogP contribution in [0.2, 0.25) is 0 Å². The Balaban J connectivity index is 1.06. The van der Waals surface area contributed by atoms with E-state index in [2.05, 4.69) is 37.8 Å². The third kappa shape index (κ3) is 6.58. The number of anilines is 2. The monoisotopic (exact) mass is 622 g/mol. The van der Waals surface area contributed by atoms with E-state index in [1.807, 2.05) is 74.1 Å². The van der Waals surface area contributed by atoms with Crippen LogP contribution in [0.5, 0.6) is 0 Å². The predicted octanol–water partition coefficient (Wildman–Crippen LogP) is 5.88. The van der Waals surface area contributed by atoms with E-state index in [1.165, 1.54) is 0 Å². The molecule has 47 heavy (non-hydrogen) atoms. The number of amides is 2. The fourth-order valence-corrected chi connectivity index (χ4v) is 6.26. The van der Waals surface area contributed by atoms with Gasteiger partial charge in [0.25, 0.3) is 0 Å². The van der Waals surface area contributed by atoms with Crippen molar-refractivity contribution in [2.45, 2.75) is 50.9 Å². The van der Waals surface area contributed by atoms with Crippen LogP contribution >= 0.6 is 0 Å². The second-order valence-electron chi connectivity index (χ2n) is 11.9. The number of benzene rings is 2. The molecule has 0 unspecified atom stereocenters. The highest BCUT2D eigenvalue weighted by atomic mass is 16.2. The quantitative estimate of drug-likeness (QED) is 0.220. The van der Waals surface area contributed by atoms with Gasteiger partial charge in [-0.15, -0.1) is 0 Å². The number of aryl methyl sites for hydroxylation is 1. The molecule has 1 aliphatic carbocycles. The maximum absolute atomic E-state index is 13.7. The Hall–Kier alpha value is -5.89. The Kier molecular flexibility index (Phi) is 8.39. The van der Waals surface area contributed by atoms with E-state index < -0.39 is 0 Å². The number of carbonyl (C=O) groups excluding carboxylic acids is 1. The lowest BCUT2D eigenvalue weighted by atomic mass is 9.90. The van der Waals surface area contributed by atoms with Crippen molar-refractivity contribution in [1.29, 1.82) is 5.26 Å². The van der Waals surface area contributed by atoms with E-state index >= 15 is 0 Å². The van der Waals surface area contributed by atoms with Gasteiger partial charge in [0.15, 0.2) is 0 Å². The van der Waals surface area contributed by atoms with Crippen molar-refractivity contribution in [2.75, 3.05) is 10.2 Å². The summed E-state index contributed by atoms with van der Waals surface area (Å²) in [5, 5.41) is 20.6. The Labute approximate surface area is 273 Å². The zero-order valence-corrected chi connectivity index (χ0v) is 26.0. The minimum Gasteiger partial charge on any atom is -0.351 e. The average molecular weight is 623 g/mol. The third-order valence-electron chi connectivity index (χ3n) is 8.75. The van der Waals surface area contributed by atoms with Crippen molar-refractivity contribution >= 4 is 24.0 Å². The van der Waals surface area contributed by atoms with Gasteiger partial charge in [-0.25, -0.2) is 19.7 Å². The van der Waals surface area contributed by atoms with Crippen LogP contribution in [0, 0.1) is 11.3 Å². The Bertz CT molecular complexity index is 1950. The highest BCUT2D eigenvalue weighted by Crippen LogP contribution is 2.31. The lowest BCUT2D eigenvalue weighted by Gasteiger charge is -2.36. The van der Waals surface area contributed by atoms with Crippen LogP contribution in [0.3, 0.4) is 0 Å². The van der Waals surface area contributed by atoms with E-state index in [9.17, 15) is 10.1 Å². The molecule has 2 amide bonds. The molecule has 7 rings (SSSR count). The number of aromatic nitrogens is 5. The van der Waals surface area contributed by atoms with Gasteiger partial charge in [-0.3, -0.25) is 14.6 Å². The number of hydrogen-bond acceptors (Lipinski definition) is 8. The largest absolute Gasteiger partial charge is 0.351 e. The first kappa shape index (κ1) is 29.8. The minimum absolute atomic E-state index is 0.0355. The van der Waals surface area contributed by atoms with Crippen LogP contribution in [-0.2, 0) is 20.1 Å². The molecule has 1 saturated carbocycles. The Morgan fingerprint density at radius 3 is 2.55 bits per heavy atom. The predicted molar refractivity (Wildman–Crippen MR) is 181 cm³/mol. The number of pyridine rings is 1. The van der Waals surface area contributed by atoms with Crippen LogP contribution < -0.4 is 15.5 Å². The molecule has 0 spiro atoms. The van der Waals surface area contributed by atoms with Gasteiger partial charge in [-0.2, -0.15) is 10.4 Å². The number of nitrogens with zero attached hydrogens (tertiary/aromatic N) is 8. The lowest BCUT2D eigenvalue weighted by molar-refractivity contribution is 0.240. The average Bonchev–Trinajstić information content (AvgIpc) is 3.77. The van der Waals surface area contributed by atoms with Gasteiger partial charge in [-0.05, 0) is 60.6 Å².